The Morgan fingerprint density at radius 3 is 1.96 bits per heavy atom. The van der Waals surface area contributed by atoms with Crippen LogP contribution < -0.4 is 0 Å². The van der Waals surface area contributed by atoms with Gasteiger partial charge in [-0.15, -0.1) is 0 Å². The average molecular weight is 325 g/mol. The number of carbonyl (C=O) groups is 1. The highest BCUT2D eigenvalue weighted by molar-refractivity contribution is 5.78. The van der Waals surface area contributed by atoms with Crippen molar-refractivity contribution in [2.24, 2.45) is 0 Å². The maximum absolute atomic E-state index is 11.1. The van der Waals surface area contributed by atoms with E-state index in [2.05, 4.69) is 19.1 Å². The summed E-state index contributed by atoms with van der Waals surface area (Å²) >= 11 is 0. The van der Waals surface area contributed by atoms with E-state index in [1.165, 1.54) is 57.8 Å². The first kappa shape index (κ1) is 20.2. The lowest BCUT2D eigenvalue weighted by molar-refractivity contribution is -0.196. The molecule has 1 heterocycles. The van der Waals surface area contributed by atoms with E-state index >= 15 is 0 Å². The van der Waals surface area contributed by atoms with Gasteiger partial charge in [-0.25, -0.2) is 4.79 Å². The van der Waals surface area contributed by atoms with Crippen LogP contribution in [0, 0.1) is 0 Å². The second-order valence-electron chi connectivity index (χ2n) is 6.88. The van der Waals surface area contributed by atoms with E-state index in [9.17, 15) is 4.79 Å². The lowest BCUT2D eigenvalue weighted by atomic mass is 9.88. The highest BCUT2D eigenvalue weighted by Gasteiger charge is 2.45. The zero-order chi connectivity index (χ0) is 16.8. The number of rotatable bonds is 15. The van der Waals surface area contributed by atoms with Gasteiger partial charge >= 0.3 is 5.97 Å². The van der Waals surface area contributed by atoms with Crippen molar-refractivity contribution >= 4 is 5.97 Å². The first-order valence-corrected chi connectivity index (χ1v) is 9.73. The van der Waals surface area contributed by atoms with Crippen LogP contribution in [0.15, 0.2) is 12.2 Å². The number of hydrogen-bond acceptors (Lipinski definition) is 2. The first-order chi connectivity index (χ1) is 11.2. The number of allylic oxidation sites excluding steroid dienone is 2. The fourth-order valence-electron chi connectivity index (χ4n) is 3.13. The fraction of sp³-hybridized carbons (Fsp3) is 0.850. The third-order valence-electron chi connectivity index (χ3n) is 4.87. The lowest BCUT2D eigenvalue weighted by Crippen LogP contribution is -2.50. The Morgan fingerprint density at radius 2 is 1.48 bits per heavy atom. The zero-order valence-corrected chi connectivity index (χ0v) is 15.0. The molecule has 1 rings (SSSR count). The smallest absolute Gasteiger partial charge is 0.336 e. The lowest BCUT2D eigenvalue weighted by Gasteiger charge is -2.37. The van der Waals surface area contributed by atoms with Gasteiger partial charge in [-0.3, -0.25) is 0 Å². The van der Waals surface area contributed by atoms with Crippen molar-refractivity contribution in [1.29, 1.82) is 0 Å². The Kier molecular flexibility index (Phi) is 11.1. The van der Waals surface area contributed by atoms with Gasteiger partial charge in [-0.2, -0.15) is 0 Å². The number of unbranched alkanes of at least 4 members (excludes halogenated alkanes) is 10. The topological polar surface area (TPSA) is 46.5 Å². The summed E-state index contributed by atoms with van der Waals surface area (Å²) in [5, 5.41) is 9.15. The highest BCUT2D eigenvalue weighted by Crippen LogP contribution is 2.32. The summed E-state index contributed by atoms with van der Waals surface area (Å²) in [6, 6.07) is 0. The summed E-state index contributed by atoms with van der Waals surface area (Å²) in [6.45, 7) is 2.86. The SMILES string of the molecule is CCCCCCCC/C=C\CCCCCCC1(C(=O)O)CCO1. The van der Waals surface area contributed by atoms with Gasteiger partial charge in [0.25, 0.3) is 0 Å². The molecule has 0 bridgehead atoms. The quantitative estimate of drug-likeness (QED) is 0.302. The van der Waals surface area contributed by atoms with Crippen molar-refractivity contribution in [3.8, 4) is 0 Å². The molecule has 0 radical (unpaired) electrons. The first-order valence-electron chi connectivity index (χ1n) is 9.73. The molecule has 3 heteroatoms. The standard InChI is InChI=1S/C20H36O3/c1-2-3-4-5-6-7-8-9-10-11-12-13-14-15-16-20(19(21)22)17-18-23-20/h9-10H,2-8,11-18H2,1H3,(H,21,22)/b10-9-. The summed E-state index contributed by atoms with van der Waals surface area (Å²) in [5.41, 5.74) is -0.836. The van der Waals surface area contributed by atoms with Gasteiger partial charge in [0.05, 0.1) is 6.61 Å². The van der Waals surface area contributed by atoms with E-state index in [1.807, 2.05) is 0 Å². The van der Waals surface area contributed by atoms with Gasteiger partial charge in [-0.1, -0.05) is 64.0 Å². The van der Waals surface area contributed by atoms with E-state index in [-0.39, 0.29) is 0 Å². The predicted molar refractivity (Wildman–Crippen MR) is 95.8 cm³/mol. The van der Waals surface area contributed by atoms with Crippen LogP contribution >= 0.6 is 0 Å². The van der Waals surface area contributed by atoms with E-state index in [0.717, 1.165) is 19.3 Å². The molecule has 1 saturated heterocycles. The maximum atomic E-state index is 11.1. The molecule has 1 unspecified atom stereocenters. The van der Waals surface area contributed by atoms with Gasteiger partial charge in [-0.05, 0) is 38.5 Å². The largest absolute Gasteiger partial charge is 0.479 e. The van der Waals surface area contributed by atoms with Gasteiger partial charge in [0, 0.05) is 6.42 Å². The molecule has 1 fully saturated rings. The van der Waals surface area contributed by atoms with E-state index in [0.29, 0.717) is 19.4 Å². The van der Waals surface area contributed by atoms with Gasteiger partial charge in [0.1, 0.15) is 0 Å². The molecule has 1 aliphatic rings. The predicted octanol–water partition coefficient (Wildman–Crippen LogP) is 5.88. The summed E-state index contributed by atoms with van der Waals surface area (Å²) in [6.07, 6.45) is 21.1. The van der Waals surface area contributed by atoms with Crippen LogP contribution in [-0.2, 0) is 9.53 Å². The Labute approximate surface area is 142 Å². The molecule has 1 aliphatic heterocycles. The average Bonchev–Trinajstić information content (AvgIpc) is 2.49. The Balaban J connectivity index is 1.84. The van der Waals surface area contributed by atoms with Crippen molar-refractivity contribution in [2.45, 2.75) is 102 Å². The van der Waals surface area contributed by atoms with Gasteiger partial charge in [0.2, 0.25) is 0 Å². The van der Waals surface area contributed by atoms with Crippen molar-refractivity contribution < 1.29 is 14.6 Å². The van der Waals surface area contributed by atoms with E-state index in [1.54, 1.807) is 0 Å². The molecule has 0 saturated carbocycles. The summed E-state index contributed by atoms with van der Waals surface area (Å²) < 4.78 is 5.28. The van der Waals surface area contributed by atoms with Crippen LogP contribution in [0.4, 0.5) is 0 Å². The van der Waals surface area contributed by atoms with Crippen LogP contribution in [0.5, 0.6) is 0 Å². The summed E-state index contributed by atoms with van der Waals surface area (Å²) in [7, 11) is 0. The molecule has 3 nitrogen and oxygen atoms in total. The maximum Gasteiger partial charge on any atom is 0.336 e. The number of carboxylic acid groups (broad SMARTS) is 1. The number of hydrogen-bond donors (Lipinski definition) is 1. The summed E-state index contributed by atoms with van der Waals surface area (Å²) in [5.74, 6) is -0.777. The van der Waals surface area contributed by atoms with Crippen molar-refractivity contribution in [3.05, 3.63) is 12.2 Å². The molecule has 0 aromatic heterocycles. The molecular weight excluding hydrogens is 288 g/mol. The second-order valence-corrected chi connectivity index (χ2v) is 6.88. The Bertz CT molecular complexity index is 332. The zero-order valence-electron chi connectivity index (χ0n) is 15.0. The minimum atomic E-state index is -0.836. The van der Waals surface area contributed by atoms with Crippen LogP contribution in [0.25, 0.3) is 0 Å². The molecule has 0 spiro atoms. The Hall–Kier alpha value is -0.830. The number of aliphatic carboxylic acids is 1. The molecule has 0 aliphatic carbocycles. The van der Waals surface area contributed by atoms with E-state index < -0.39 is 11.6 Å². The van der Waals surface area contributed by atoms with Gasteiger partial charge in [0.15, 0.2) is 5.60 Å². The van der Waals surface area contributed by atoms with Crippen LogP contribution in [0.1, 0.15) is 96.8 Å². The van der Waals surface area contributed by atoms with Crippen LogP contribution in [0.3, 0.4) is 0 Å². The van der Waals surface area contributed by atoms with Crippen LogP contribution in [0.2, 0.25) is 0 Å². The molecule has 23 heavy (non-hydrogen) atoms. The van der Waals surface area contributed by atoms with Crippen molar-refractivity contribution in [1.82, 2.24) is 0 Å². The highest BCUT2D eigenvalue weighted by atomic mass is 16.5. The molecule has 0 amide bonds. The molecule has 0 aromatic carbocycles. The third-order valence-corrected chi connectivity index (χ3v) is 4.87. The third kappa shape index (κ3) is 8.55. The number of carboxylic acids is 1. The normalized spacial score (nSPS) is 20.7. The number of ether oxygens (including phenoxy) is 1. The molecule has 1 N–H and O–H groups in total. The fourth-order valence-corrected chi connectivity index (χ4v) is 3.13. The minimum absolute atomic E-state index is 0.607. The molecule has 0 aromatic rings. The monoisotopic (exact) mass is 324 g/mol. The van der Waals surface area contributed by atoms with Crippen molar-refractivity contribution in [2.75, 3.05) is 6.61 Å². The van der Waals surface area contributed by atoms with E-state index in [4.69, 9.17) is 9.84 Å². The Morgan fingerprint density at radius 1 is 0.957 bits per heavy atom. The summed E-state index contributed by atoms with van der Waals surface area (Å²) in [4.78, 5) is 11.1. The van der Waals surface area contributed by atoms with Crippen LogP contribution in [-0.4, -0.2) is 23.3 Å². The molecule has 1 atom stereocenters. The second kappa shape index (κ2) is 12.6. The molecular formula is C20H36O3. The van der Waals surface area contributed by atoms with Gasteiger partial charge < -0.3 is 9.84 Å². The van der Waals surface area contributed by atoms with Crippen molar-refractivity contribution in [3.63, 3.8) is 0 Å². The minimum Gasteiger partial charge on any atom is -0.479 e. The molecule has 134 valence electrons.